The van der Waals surface area contributed by atoms with Crippen LogP contribution in [-0.2, 0) is 16.6 Å². The molecule has 0 aliphatic heterocycles. The van der Waals surface area contributed by atoms with E-state index in [1.165, 1.54) is 11.5 Å². The first-order valence-electron chi connectivity index (χ1n) is 6.00. The van der Waals surface area contributed by atoms with Crippen LogP contribution < -0.4 is 4.90 Å². The molecule has 0 saturated carbocycles. The van der Waals surface area contributed by atoms with E-state index < -0.39 is 10.8 Å². The lowest BCUT2D eigenvalue weighted by Gasteiger charge is -2.10. The Bertz CT molecular complexity index is 554. The van der Waals surface area contributed by atoms with E-state index in [0.717, 1.165) is 10.7 Å². The molecule has 4 nitrogen and oxygen atoms in total. The van der Waals surface area contributed by atoms with Gasteiger partial charge in [0.15, 0.2) is 5.82 Å². The Morgan fingerprint density at radius 1 is 1.32 bits per heavy atom. The van der Waals surface area contributed by atoms with Gasteiger partial charge in [-0.05, 0) is 12.5 Å². The molecule has 102 valence electrons. The number of benzene rings is 1. The Labute approximate surface area is 120 Å². The van der Waals surface area contributed by atoms with Crippen molar-refractivity contribution >= 4 is 27.5 Å². The molecule has 0 spiro atoms. The molecule has 2 atom stereocenters. The average Bonchev–Trinajstić information content (AvgIpc) is 2.87. The fourth-order valence-corrected chi connectivity index (χ4v) is 3.39. The molecule has 0 amide bonds. The topological polar surface area (TPSA) is 46.1 Å². The van der Waals surface area contributed by atoms with Gasteiger partial charge >= 0.3 is 0 Å². The van der Waals surface area contributed by atoms with Gasteiger partial charge in [0.05, 0.1) is 11.0 Å². The predicted molar refractivity (Wildman–Crippen MR) is 80.9 cm³/mol. The smallest absolute Gasteiger partial charge is 0.204 e. The van der Waals surface area contributed by atoms with Crippen LogP contribution in [0.5, 0.6) is 0 Å². The quantitative estimate of drug-likeness (QED) is 0.850. The lowest BCUT2D eigenvalue weighted by molar-refractivity contribution is 0.674. The number of rotatable bonds is 5. The van der Waals surface area contributed by atoms with Crippen LogP contribution in [0, 0.1) is 0 Å². The lowest BCUT2D eigenvalue weighted by Crippen LogP contribution is -2.09. The fourth-order valence-electron chi connectivity index (χ4n) is 1.61. The Kier molecular flexibility index (Phi) is 4.66. The summed E-state index contributed by atoms with van der Waals surface area (Å²) in [5.74, 6) is 1.07. The standard InChI is InChI=1S/C13H17N3OS2/c1-10(11-7-5-4-6-8-11)19(17)9-12-14-13(16(2)3)18-15-12/h4-8,10H,9H2,1-3H3/t10-,19+/m1/s1. The third-order valence-corrected chi connectivity index (χ3v) is 5.30. The zero-order valence-electron chi connectivity index (χ0n) is 11.2. The van der Waals surface area contributed by atoms with E-state index >= 15 is 0 Å². The minimum absolute atomic E-state index is 0.00694. The highest BCUT2D eigenvalue weighted by molar-refractivity contribution is 7.84. The lowest BCUT2D eigenvalue weighted by atomic mass is 10.2. The summed E-state index contributed by atoms with van der Waals surface area (Å²) in [6.45, 7) is 1.98. The molecule has 0 unspecified atom stereocenters. The van der Waals surface area contributed by atoms with E-state index in [1.54, 1.807) is 0 Å². The molecule has 0 aliphatic carbocycles. The highest BCUT2D eigenvalue weighted by Gasteiger charge is 2.16. The third kappa shape index (κ3) is 3.61. The van der Waals surface area contributed by atoms with Crippen molar-refractivity contribution in [1.29, 1.82) is 0 Å². The molecular formula is C13H17N3OS2. The predicted octanol–water partition coefficient (Wildman–Crippen LogP) is 2.61. The summed E-state index contributed by atoms with van der Waals surface area (Å²) >= 11 is 1.34. The summed E-state index contributed by atoms with van der Waals surface area (Å²) in [5, 5.41) is 0.840. The summed E-state index contributed by atoms with van der Waals surface area (Å²) in [6, 6.07) is 9.90. The first kappa shape index (κ1) is 14.1. The van der Waals surface area contributed by atoms with Crippen molar-refractivity contribution in [3.8, 4) is 0 Å². The fraction of sp³-hybridized carbons (Fsp3) is 0.385. The van der Waals surface area contributed by atoms with Crippen molar-refractivity contribution in [3.05, 3.63) is 41.7 Å². The molecule has 0 fully saturated rings. The Hall–Kier alpha value is -1.27. The molecule has 0 radical (unpaired) electrons. The highest BCUT2D eigenvalue weighted by atomic mass is 32.2. The summed E-state index contributed by atoms with van der Waals surface area (Å²) in [4.78, 5) is 6.27. The molecular weight excluding hydrogens is 278 g/mol. The molecule has 1 aromatic heterocycles. The molecule has 0 aliphatic rings. The number of nitrogens with zero attached hydrogens (tertiary/aromatic N) is 3. The second-order valence-corrected chi connectivity index (χ2v) is 6.95. The van der Waals surface area contributed by atoms with Crippen LogP contribution in [0.3, 0.4) is 0 Å². The van der Waals surface area contributed by atoms with Crippen molar-refractivity contribution in [2.75, 3.05) is 19.0 Å². The van der Waals surface area contributed by atoms with E-state index in [1.807, 2.05) is 56.3 Å². The minimum Gasteiger partial charge on any atom is -0.353 e. The van der Waals surface area contributed by atoms with Crippen molar-refractivity contribution < 1.29 is 4.21 Å². The van der Waals surface area contributed by atoms with Gasteiger partial charge in [-0.25, -0.2) is 4.98 Å². The SMILES string of the molecule is C[C@H](c1ccccc1)[S@@](=O)Cc1nsc(N(C)C)n1. The van der Waals surface area contributed by atoms with Gasteiger partial charge in [0, 0.05) is 36.4 Å². The molecule has 0 bridgehead atoms. The van der Waals surface area contributed by atoms with Crippen LogP contribution in [0.4, 0.5) is 5.13 Å². The van der Waals surface area contributed by atoms with E-state index in [9.17, 15) is 4.21 Å². The number of hydrogen-bond donors (Lipinski definition) is 0. The zero-order chi connectivity index (χ0) is 13.8. The van der Waals surface area contributed by atoms with Crippen LogP contribution in [0.15, 0.2) is 30.3 Å². The van der Waals surface area contributed by atoms with Gasteiger partial charge in [-0.15, -0.1) is 0 Å². The van der Waals surface area contributed by atoms with Crippen LogP contribution >= 0.6 is 11.5 Å². The third-order valence-electron chi connectivity index (χ3n) is 2.77. The second-order valence-electron chi connectivity index (χ2n) is 4.47. The van der Waals surface area contributed by atoms with E-state index in [-0.39, 0.29) is 5.25 Å². The van der Waals surface area contributed by atoms with Crippen LogP contribution in [-0.4, -0.2) is 27.7 Å². The van der Waals surface area contributed by atoms with Crippen molar-refractivity contribution in [2.24, 2.45) is 0 Å². The van der Waals surface area contributed by atoms with Gasteiger partial charge < -0.3 is 4.90 Å². The molecule has 0 N–H and O–H groups in total. The minimum atomic E-state index is -1.00. The Balaban J connectivity index is 2.04. The first-order chi connectivity index (χ1) is 9.08. The molecule has 0 saturated heterocycles. The second kappa shape index (κ2) is 6.25. The monoisotopic (exact) mass is 295 g/mol. The molecule has 1 heterocycles. The average molecular weight is 295 g/mol. The van der Waals surface area contributed by atoms with Gasteiger partial charge in [0.2, 0.25) is 5.13 Å². The maximum absolute atomic E-state index is 12.3. The van der Waals surface area contributed by atoms with E-state index in [2.05, 4.69) is 9.36 Å². The molecule has 2 rings (SSSR count). The van der Waals surface area contributed by atoms with Crippen molar-refractivity contribution in [3.63, 3.8) is 0 Å². The normalized spacial score (nSPS) is 14.1. The van der Waals surface area contributed by atoms with Crippen LogP contribution in [0.2, 0.25) is 0 Å². The number of aromatic nitrogens is 2. The number of anilines is 1. The van der Waals surface area contributed by atoms with Crippen molar-refractivity contribution in [2.45, 2.75) is 17.9 Å². The van der Waals surface area contributed by atoms with Crippen molar-refractivity contribution in [1.82, 2.24) is 9.36 Å². The van der Waals surface area contributed by atoms with Gasteiger partial charge in [0.25, 0.3) is 0 Å². The largest absolute Gasteiger partial charge is 0.353 e. The van der Waals surface area contributed by atoms with Gasteiger partial charge in [-0.2, -0.15) is 4.37 Å². The van der Waals surface area contributed by atoms with E-state index in [4.69, 9.17) is 0 Å². The van der Waals surface area contributed by atoms with Gasteiger partial charge in [0.1, 0.15) is 0 Å². The van der Waals surface area contributed by atoms with Crippen LogP contribution in [0.1, 0.15) is 23.6 Å². The highest BCUT2D eigenvalue weighted by Crippen LogP contribution is 2.22. The summed E-state index contributed by atoms with van der Waals surface area (Å²) in [7, 11) is 2.85. The molecule has 1 aromatic carbocycles. The number of hydrogen-bond acceptors (Lipinski definition) is 5. The zero-order valence-corrected chi connectivity index (χ0v) is 12.9. The Morgan fingerprint density at radius 3 is 2.58 bits per heavy atom. The summed E-state index contributed by atoms with van der Waals surface area (Å²) < 4.78 is 16.6. The van der Waals surface area contributed by atoms with Crippen LogP contribution in [0.25, 0.3) is 0 Å². The molecule has 2 aromatic rings. The first-order valence-corrected chi connectivity index (χ1v) is 8.15. The van der Waals surface area contributed by atoms with Gasteiger partial charge in [-0.1, -0.05) is 30.3 Å². The maximum atomic E-state index is 12.3. The molecule has 6 heteroatoms. The summed E-state index contributed by atoms with van der Waals surface area (Å²) in [6.07, 6.45) is 0. The maximum Gasteiger partial charge on any atom is 0.204 e. The Morgan fingerprint density at radius 2 is 2.00 bits per heavy atom. The summed E-state index contributed by atoms with van der Waals surface area (Å²) in [5.41, 5.74) is 1.09. The van der Waals surface area contributed by atoms with Gasteiger partial charge in [-0.3, -0.25) is 4.21 Å². The van der Waals surface area contributed by atoms with E-state index in [0.29, 0.717) is 11.6 Å². The molecule has 19 heavy (non-hydrogen) atoms.